The minimum absolute atomic E-state index is 0.240. The van der Waals surface area contributed by atoms with Gasteiger partial charge in [-0.1, -0.05) is 0 Å². The molecule has 2 rings (SSSR count). The lowest BCUT2D eigenvalue weighted by atomic mass is 9.89. The summed E-state index contributed by atoms with van der Waals surface area (Å²) in [5.74, 6) is -4.12. The second-order valence-electron chi connectivity index (χ2n) is 3.85. The van der Waals surface area contributed by atoms with Crippen molar-refractivity contribution in [2.24, 2.45) is 0 Å². The van der Waals surface area contributed by atoms with E-state index in [1.54, 1.807) is 0 Å². The third-order valence-electron chi connectivity index (χ3n) is 2.76. The van der Waals surface area contributed by atoms with Crippen LogP contribution in [0.4, 0.5) is 0 Å². The molecule has 1 aromatic carbocycles. The number of fused-ring (bicyclic) bond motifs is 1. The predicted molar refractivity (Wildman–Crippen MR) is 59.8 cm³/mol. The summed E-state index contributed by atoms with van der Waals surface area (Å²) >= 11 is 0. The van der Waals surface area contributed by atoms with Gasteiger partial charge in [0.1, 0.15) is 11.5 Å². The predicted octanol–water partition coefficient (Wildman–Crippen LogP) is 1.20. The van der Waals surface area contributed by atoms with Gasteiger partial charge in [0.25, 0.3) is 0 Å². The SMILES string of the molecule is COC1=C(O)C(=O)c2c(O)cc(C)c(O)c2C1=O. The van der Waals surface area contributed by atoms with Gasteiger partial charge < -0.3 is 20.1 Å². The molecule has 94 valence electrons. The maximum absolute atomic E-state index is 12.0. The molecule has 0 atom stereocenters. The lowest BCUT2D eigenvalue weighted by Crippen LogP contribution is -2.23. The topological polar surface area (TPSA) is 104 Å². The molecule has 0 aliphatic heterocycles. The van der Waals surface area contributed by atoms with E-state index in [0.717, 1.165) is 13.2 Å². The van der Waals surface area contributed by atoms with E-state index >= 15 is 0 Å². The van der Waals surface area contributed by atoms with Gasteiger partial charge in [-0.05, 0) is 18.6 Å². The highest BCUT2D eigenvalue weighted by molar-refractivity contribution is 6.27. The number of hydrogen-bond acceptors (Lipinski definition) is 6. The van der Waals surface area contributed by atoms with Crippen LogP contribution in [-0.2, 0) is 4.74 Å². The quantitative estimate of drug-likeness (QED) is 0.647. The average Bonchev–Trinajstić information content (AvgIpc) is 2.31. The monoisotopic (exact) mass is 250 g/mol. The van der Waals surface area contributed by atoms with Crippen molar-refractivity contribution in [1.82, 2.24) is 0 Å². The van der Waals surface area contributed by atoms with Crippen molar-refractivity contribution in [2.75, 3.05) is 7.11 Å². The number of phenols is 2. The van der Waals surface area contributed by atoms with Gasteiger partial charge in [-0.15, -0.1) is 0 Å². The molecule has 18 heavy (non-hydrogen) atoms. The minimum atomic E-state index is -0.964. The first-order valence-corrected chi connectivity index (χ1v) is 5.02. The number of methoxy groups -OCH3 is 1. The molecule has 0 heterocycles. The van der Waals surface area contributed by atoms with Gasteiger partial charge in [0, 0.05) is 0 Å². The highest BCUT2D eigenvalue weighted by atomic mass is 16.5. The summed E-state index contributed by atoms with van der Waals surface area (Å²) in [5, 5.41) is 29.0. The zero-order valence-electron chi connectivity index (χ0n) is 9.64. The Morgan fingerprint density at radius 2 is 1.67 bits per heavy atom. The van der Waals surface area contributed by atoms with Gasteiger partial charge in [-0.3, -0.25) is 9.59 Å². The molecule has 0 saturated carbocycles. The van der Waals surface area contributed by atoms with Gasteiger partial charge in [0.15, 0.2) is 0 Å². The number of aliphatic hydroxyl groups excluding tert-OH is 1. The summed E-state index contributed by atoms with van der Waals surface area (Å²) in [6, 6.07) is 1.14. The molecule has 6 nitrogen and oxygen atoms in total. The molecule has 0 aromatic heterocycles. The number of ketones is 2. The molecule has 1 aliphatic carbocycles. The van der Waals surface area contributed by atoms with E-state index in [-0.39, 0.29) is 11.1 Å². The number of Topliss-reactive ketones (excluding diaryl/α,β-unsaturated/α-hetero) is 2. The van der Waals surface area contributed by atoms with E-state index in [9.17, 15) is 24.9 Å². The van der Waals surface area contributed by atoms with Crippen LogP contribution in [-0.4, -0.2) is 34.0 Å². The minimum Gasteiger partial charge on any atom is -0.507 e. The zero-order chi connectivity index (χ0) is 13.6. The number of aliphatic hydroxyl groups is 1. The first kappa shape index (κ1) is 12.0. The fourth-order valence-corrected chi connectivity index (χ4v) is 1.87. The number of ether oxygens (including phenoxy) is 1. The van der Waals surface area contributed by atoms with Crippen molar-refractivity contribution in [3.8, 4) is 11.5 Å². The fourth-order valence-electron chi connectivity index (χ4n) is 1.87. The van der Waals surface area contributed by atoms with Crippen LogP contribution in [0.3, 0.4) is 0 Å². The van der Waals surface area contributed by atoms with Crippen LogP contribution < -0.4 is 0 Å². The molecule has 6 heteroatoms. The van der Waals surface area contributed by atoms with Gasteiger partial charge in [0.2, 0.25) is 23.1 Å². The summed E-state index contributed by atoms with van der Waals surface area (Å²) in [5.41, 5.74) is -0.530. The molecule has 0 bridgehead atoms. The standard InChI is InChI=1S/C12H10O6/c1-4-3-5(13)6-7(8(4)14)10(16)12(18-2)11(17)9(6)15/h3,13-14,17H,1-2H3. The second kappa shape index (κ2) is 3.76. The molecule has 0 saturated heterocycles. The Morgan fingerprint density at radius 1 is 1.06 bits per heavy atom. The Bertz CT molecular complexity index is 611. The van der Waals surface area contributed by atoms with Crippen molar-refractivity contribution >= 4 is 11.6 Å². The number of aromatic hydroxyl groups is 2. The fraction of sp³-hybridized carbons (Fsp3) is 0.167. The van der Waals surface area contributed by atoms with Crippen LogP contribution in [0.5, 0.6) is 11.5 Å². The van der Waals surface area contributed by atoms with E-state index in [0.29, 0.717) is 0 Å². The van der Waals surface area contributed by atoms with E-state index in [4.69, 9.17) is 0 Å². The number of carbonyl (C=O) groups is 2. The molecular weight excluding hydrogens is 240 g/mol. The maximum Gasteiger partial charge on any atom is 0.236 e. The van der Waals surface area contributed by atoms with Crippen LogP contribution in [0.1, 0.15) is 26.3 Å². The summed E-state index contributed by atoms with van der Waals surface area (Å²) in [6.07, 6.45) is 0. The van der Waals surface area contributed by atoms with Crippen molar-refractivity contribution in [2.45, 2.75) is 6.92 Å². The van der Waals surface area contributed by atoms with Gasteiger partial charge in [0.05, 0.1) is 18.2 Å². The van der Waals surface area contributed by atoms with E-state index in [2.05, 4.69) is 4.74 Å². The lowest BCUT2D eigenvalue weighted by molar-refractivity contribution is 0.0850. The molecule has 0 fully saturated rings. The van der Waals surface area contributed by atoms with Crippen LogP contribution in [0.15, 0.2) is 17.6 Å². The number of aryl methyl sites for hydroxylation is 1. The number of hydrogen-bond donors (Lipinski definition) is 3. The Balaban J connectivity index is 2.86. The molecular formula is C12H10O6. The number of phenolic OH excluding ortho intramolecular Hbond substituents is 2. The molecule has 3 N–H and O–H groups in total. The number of benzene rings is 1. The van der Waals surface area contributed by atoms with Crippen LogP contribution in [0, 0.1) is 6.92 Å². The van der Waals surface area contributed by atoms with Crippen molar-refractivity contribution in [3.05, 3.63) is 34.3 Å². The summed E-state index contributed by atoms with van der Waals surface area (Å²) in [6.45, 7) is 1.47. The maximum atomic E-state index is 12.0. The van der Waals surface area contributed by atoms with E-state index in [1.807, 2.05) is 0 Å². The largest absolute Gasteiger partial charge is 0.507 e. The average molecular weight is 250 g/mol. The van der Waals surface area contributed by atoms with Crippen molar-refractivity contribution in [1.29, 1.82) is 0 Å². The van der Waals surface area contributed by atoms with Crippen molar-refractivity contribution in [3.63, 3.8) is 0 Å². The normalized spacial score (nSPS) is 14.8. The van der Waals surface area contributed by atoms with Gasteiger partial charge in [-0.2, -0.15) is 0 Å². The van der Waals surface area contributed by atoms with Crippen LogP contribution in [0.25, 0.3) is 0 Å². The molecule has 1 aliphatic rings. The Morgan fingerprint density at radius 3 is 2.22 bits per heavy atom. The van der Waals surface area contributed by atoms with Crippen molar-refractivity contribution < 1.29 is 29.6 Å². The summed E-state index contributed by atoms with van der Waals surface area (Å²) in [4.78, 5) is 23.8. The first-order chi connectivity index (χ1) is 8.40. The van der Waals surface area contributed by atoms with E-state index in [1.165, 1.54) is 6.92 Å². The molecule has 0 spiro atoms. The molecule has 0 unspecified atom stereocenters. The van der Waals surface area contributed by atoms with Gasteiger partial charge in [-0.25, -0.2) is 0 Å². The summed E-state index contributed by atoms with van der Waals surface area (Å²) < 4.78 is 4.64. The van der Waals surface area contributed by atoms with E-state index < -0.39 is 40.1 Å². The smallest absolute Gasteiger partial charge is 0.236 e. The van der Waals surface area contributed by atoms with Crippen LogP contribution >= 0.6 is 0 Å². The van der Waals surface area contributed by atoms with Gasteiger partial charge >= 0.3 is 0 Å². The van der Waals surface area contributed by atoms with Crippen LogP contribution in [0.2, 0.25) is 0 Å². The Labute approximate surface area is 102 Å². The lowest BCUT2D eigenvalue weighted by Gasteiger charge is -2.19. The molecule has 1 aromatic rings. The second-order valence-corrected chi connectivity index (χ2v) is 3.85. The number of carbonyl (C=O) groups excluding carboxylic acids is 2. The zero-order valence-corrected chi connectivity index (χ0v) is 9.64. The highest BCUT2D eigenvalue weighted by Gasteiger charge is 2.38. The molecule has 0 radical (unpaired) electrons. The first-order valence-electron chi connectivity index (χ1n) is 5.02. The Hall–Kier alpha value is -2.50. The molecule has 0 amide bonds. The number of rotatable bonds is 1. The third kappa shape index (κ3) is 1.35. The number of allylic oxidation sites excluding steroid dienone is 2. The summed E-state index contributed by atoms with van der Waals surface area (Å²) in [7, 11) is 1.12. The highest BCUT2D eigenvalue weighted by Crippen LogP contribution is 2.38. The Kier molecular flexibility index (Phi) is 2.50. The third-order valence-corrected chi connectivity index (χ3v) is 2.76.